The van der Waals surface area contributed by atoms with Crippen molar-refractivity contribution in [3.8, 4) is 0 Å². The van der Waals surface area contributed by atoms with Crippen LogP contribution >= 0.6 is 15.9 Å². The van der Waals surface area contributed by atoms with Crippen LogP contribution in [0.5, 0.6) is 0 Å². The Labute approximate surface area is 76.9 Å². The Hall–Kier alpha value is -0.640. The Morgan fingerprint density at radius 1 is 1.42 bits per heavy atom. The van der Waals surface area contributed by atoms with E-state index in [4.69, 9.17) is 0 Å². The van der Waals surface area contributed by atoms with Gasteiger partial charge in [0.1, 0.15) is 11.6 Å². The van der Waals surface area contributed by atoms with E-state index in [1.165, 1.54) is 0 Å². The lowest BCUT2D eigenvalue weighted by molar-refractivity contribution is 0.589. The van der Waals surface area contributed by atoms with Gasteiger partial charge in [0, 0.05) is 12.1 Å². The predicted molar refractivity (Wildman–Crippen MR) is 46.3 cm³/mol. The fourth-order valence-corrected chi connectivity index (χ4v) is 1.82. The first-order valence-corrected chi connectivity index (χ1v) is 4.39. The van der Waals surface area contributed by atoms with E-state index >= 15 is 0 Å². The summed E-state index contributed by atoms with van der Waals surface area (Å²) in [4.78, 5) is 0. The zero-order chi connectivity index (χ0) is 8.72. The molecule has 0 fully saturated rings. The highest BCUT2D eigenvalue weighted by molar-refractivity contribution is 9.10. The van der Waals surface area contributed by atoms with Crippen LogP contribution in [-0.2, 0) is 6.42 Å². The van der Waals surface area contributed by atoms with E-state index in [9.17, 15) is 8.78 Å². The normalized spacial score (nSPS) is 14.2. The maximum atomic E-state index is 13.2. The summed E-state index contributed by atoms with van der Waals surface area (Å²) >= 11 is 2.96. The highest BCUT2D eigenvalue weighted by Crippen LogP contribution is 2.32. The van der Waals surface area contributed by atoms with Crippen LogP contribution < -0.4 is 5.32 Å². The highest BCUT2D eigenvalue weighted by Gasteiger charge is 2.20. The average molecular weight is 234 g/mol. The summed E-state index contributed by atoms with van der Waals surface area (Å²) in [5.74, 6) is -0.743. The van der Waals surface area contributed by atoms with Crippen LogP contribution in [0.15, 0.2) is 10.5 Å². The Bertz CT molecular complexity index is 338. The number of fused-ring (bicyclic) bond motifs is 1. The maximum absolute atomic E-state index is 13.2. The number of hydrogen-bond donors (Lipinski definition) is 1. The Morgan fingerprint density at radius 3 is 2.92 bits per heavy atom. The summed E-state index contributed by atoms with van der Waals surface area (Å²) in [5, 5.41) is 2.80. The first-order valence-electron chi connectivity index (χ1n) is 3.60. The molecule has 64 valence electrons. The zero-order valence-corrected chi connectivity index (χ0v) is 7.71. The summed E-state index contributed by atoms with van der Waals surface area (Å²) in [6.07, 6.45) is 0.553. The molecule has 0 spiro atoms. The lowest BCUT2D eigenvalue weighted by Crippen LogP contribution is -1.94. The van der Waals surface area contributed by atoms with Crippen molar-refractivity contribution in [2.24, 2.45) is 0 Å². The number of halogens is 3. The van der Waals surface area contributed by atoms with Crippen molar-refractivity contribution in [1.29, 1.82) is 0 Å². The van der Waals surface area contributed by atoms with Gasteiger partial charge in [0.15, 0.2) is 0 Å². The van der Waals surface area contributed by atoms with Crippen LogP contribution in [0.25, 0.3) is 0 Å². The van der Waals surface area contributed by atoms with Crippen LogP contribution in [0.4, 0.5) is 14.5 Å². The molecule has 12 heavy (non-hydrogen) atoms. The standard InChI is InChI=1S/C8H6BrF2N/c9-5-3-6(10)8-4(7(5)11)1-2-12-8/h3,12H,1-2H2. The highest BCUT2D eigenvalue weighted by atomic mass is 79.9. The molecule has 4 heteroatoms. The second-order valence-electron chi connectivity index (χ2n) is 2.68. The second kappa shape index (κ2) is 2.69. The number of benzene rings is 1. The van der Waals surface area contributed by atoms with Gasteiger partial charge in [-0.2, -0.15) is 0 Å². The lowest BCUT2D eigenvalue weighted by atomic mass is 10.1. The lowest BCUT2D eigenvalue weighted by Gasteiger charge is -2.03. The van der Waals surface area contributed by atoms with Gasteiger partial charge in [-0.05, 0) is 28.4 Å². The van der Waals surface area contributed by atoms with Gasteiger partial charge in [0.05, 0.1) is 10.2 Å². The zero-order valence-electron chi connectivity index (χ0n) is 6.13. The molecule has 0 saturated heterocycles. The van der Waals surface area contributed by atoms with E-state index < -0.39 is 5.82 Å². The number of nitrogens with one attached hydrogen (secondary N) is 1. The summed E-state index contributed by atoms with van der Waals surface area (Å²) in [7, 11) is 0. The van der Waals surface area contributed by atoms with Crippen LogP contribution in [0.1, 0.15) is 5.56 Å². The molecular formula is C8H6BrF2N. The summed E-state index contributed by atoms with van der Waals surface area (Å²) in [6.45, 7) is 0.611. The SMILES string of the molecule is Fc1cc(Br)c(F)c2c1NCC2. The van der Waals surface area contributed by atoms with Crippen molar-refractivity contribution >= 4 is 21.6 Å². The van der Waals surface area contributed by atoms with Gasteiger partial charge in [-0.3, -0.25) is 0 Å². The van der Waals surface area contributed by atoms with Crippen molar-refractivity contribution in [1.82, 2.24) is 0 Å². The fraction of sp³-hybridized carbons (Fsp3) is 0.250. The van der Waals surface area contributed by atoms with E-state index in [0.29, 0.717) is 24.2 Å². The molecule has 1 aromatic carbocycles. The van der Waals surface area contributed by atoms with Gasteiger partial charge in [-0.15, -0.1) is 0 Å². The number of anilines is 1. The molecule has 1 aromatic rings. The molecular weight excluding hydrogens is 228 g/mol. The first kappa shape index (κ1) is 7.98. The third kappa shape index (κ3) is 1.02. The molecule has 1 aliphatic rings. The molecule has 0 amide bonds. The summed E-state index contributed by atoms with van der Waals surface area (Å²) < 4.78 is 26.5. The van der Waals surface area contributed by atoms with Crippen LogP contribution in [0, 0.1) is 11.6 Å². The van der Waals surface area contributed by atoms with E-state index in [2.05, 4.69) is 21.2 Å². The second-order valence-corrected chi connectivity index (χ2v) is 3.54. The van der Waals surface area contributed by atoms with E-state index in [0.717, 1.165) is 6.07 Å². The third-order valence-electron chi connectivity index (χ3n) is 1.95. The molecule has 0 unspecified atom stereocenters. The summed E-state index contributed by atoms with van der Waals surface area (Å²) in [6, 6.07) is 1.15. The summed E-state index contributed by atoms with van der Waals surface area (Å²) in [5.41, 5.74) is 0.762. The molecule has 1 aliphatic heterocycles. The Kier molecular flexibility index (Phi) is 1.79. The van der Waals surface area contributed by atoms with Gasteiger partial charge in [-0.25, -0.2) is 8.78 Å². The molecule has 1 heterocycles. The third-order valence-corrected chi connectivity index (χ3v) is 2.52. The maximum Gasteiger partial charge on any atom is 0.147 e. The molecule has 2 rings (SSSR count). The van der Waals surface area contributed by atoms with E-state index in [1.54, 1.807) is 0 Å². The smallest absolute Gasteiger partial charge is 0.147 e. The van der Waals surface area contributed by atoms with Crippen molar-refractivity contribution in [3.63, 3.8) is 0 Å². The minimum Gasteiger partial charge on any atom is -0.382 e. The number of rotatable bonds is 0. The minimum absolute atomic E-state index is 0.197. The van der Waals surface area contributed by atoms with Crippen LogP contribution in [0.2, 0.25) is 0 Å². The van der Waals surface area contributed by atoms with Crippen LogP contribution in [-0.4, -0.2) is 6.54 Å². The van der Waals surface area contributed by atoms with Gasteiger partial charge >= 0.3 is 0 Å². The van der Waals surface area contributed by atoms with Crippen molar-refractivity contribution in [3.05, 3.63) is 27.7 Å². The quantitative estimate of drug-likeness (QED) is 0.680. The number of hydrogen-bond acceptors (Lipinski definition) is 1. The first-order chi connectivity index (χ1) is 5.70. The molecule has 0 saturated carbocycles. The predicted octanol–water partition coefficient (Wildman–Crippen LogP) is 2.70. The average Bonchev–Trinajstić information content (AvgIpc) is 2.48. The van der Waals surface area contributed by atoms with Crippen molar-refractivity contribution < 1.29 is 8.78 Å². The topological polar surface area (TPSA) is 12.0 Å². The van der Waals surface area contributed by atoms with E-state index in [1.807, 2.05) is 0 Å². The largest absolute Gasteiger partial charge is 0.382 e. The molecule has 0 atom stereocenters. The van der Waals surface area contributed by atoms with Gasteiger partial charge in [0.2, 0.25) is 0 Å². The monoisotopic (exact) mass is 233 g/mol. The van der Waals surface area contributed by atoms with Crippen LogP contribution in [0.3, 0.4) is 0 Å². The van der Waals surface area contributed by atoms with Gasteiger partial charge < -0.3 is 5.32 Å². The minimum atomic E-state index is -0.393. The van der Waals surface area contributed by atoms with Gasteiger partial charge in [0.25, 0.3) is 0 Å². The molecule has 1 N–H and O–H groups in total. The molecule has 0 radical (unpaired) electrons. The molecule has 0 aliphatic carbocycles. The molecule has 0 bridgehead atoms. The van der Waals surface area contributed by atoms with Gasteiger partial charge in [-0.1, -0.05) is 0 Å². The van der Waals surface area contributed by atoms with Crippen molar-refractivity contribution in [2.75, 3.05) is 11.9 Å². The van der Waals surface area contributed by atoms with E-state index in [-0.39, 0.29) is 10.3 Å². The molecule has 0 aromatic heterocycles. The van der Waals surface area contributed by atoms with Crippen molar-refractivity contribution in [2.45, 2.75) is 6.42 Å². The molecule has 1 nitrogen and oxygen atoms in total. The fourth-order valence-electron chi connectivity index (χ4n) is 1.38. The Morgan fingerprint density at radius 2 is 2.17 bits per heavy atom. The Balaban J connectivity index is 2.69.